The number of hydrogen-bond donors (Lipinski definition) is 2. The molecule has 7 heteroatoms. The number of amides is 1. The average Bonchev–Trinajstić information content (AvgIpc) is 2.68. The Labute approximate surface area is 112 Å². The number of rotatable bonds is 6. The Balaban J connectivity index is 0.00000256. The summed E-state index contributed by atoms with van der Waals surface area (Å²) in [5.74, 6) is 0.363. The van der Waals surface area contributed by atoms with Gasteiger partial charge >= 0.3 is 0 Å². The molecule has 0 atom stereocenters. The highest BCUT2D eigenvalue weighted by Crippen LogP contribution is 2.27. The van der Waals surface area contributed by atoms with Gasteiger partial charge in [0.05, 0.1) is 6.54 Å². The third-order valence-electron chi connectivity index (χ3n) is 2.36. The molecule has 0 fully saturated rings. The lowest BCUT2D eigenvalue weighted by Gasteiger charge is -2.05. The van der Waals surface area contributed by atoms with E-state index >= 15 is 0 Å². The summed E-state index contributed by atoms with van der Waals surface area (Å²) in [5.41, 5.74) is 0. The van der Waals surface area contributed by atoms with Crippen LogP contribution < -0.4 is 10.6 Å². The highest BCUT2D eigenvalue weighted by atomic mass is 35.5. The molecule has 17 heavy (non-hydrogen) atoms. The predicted molar refractivity (Wildman–Crippen MR) is 73.0 cm³/mol. The van der Waals surface area contributed by atoms with Crippen molar-refractivity contribution in [1.82, 2.24) is 15.5 Å². The fraction of sp³-hybridized carbons (Fsp3) is 0.700. The summed E-state index contributed by atoms with van der Waals surface area (Å²) in [5, 5.41) is 15.2. The van der Waals surface area contributed by atoms with Crippen molar-refractivity contribution in [3.05, 3.63) is 5.01 Å². The summed E-state index contributed by atoms with van der Waals surface area (Å²) in [6, 6.07) is 0. The highest BCUT2D eigenvalue weighted by Gasteiger charge is 2.14. The summed E-state index contributed by atoms with van der Waals surface area (Å²) >= 11 is 1.46. The quantitative estimate of drug-likeness (QED) is 0.835. The standard InChI is InChI=1S/C10H18N4OS.ClH/c1-4-7(5-2)9-13-14-10(16-9)12-8(15)6-11-3;/h7,11H,4-6H2,1-3H3,(H,12,14,15);1H. The van der Waals surface area contributed by atoms with E-state index in [9.17, 15) is 4.79 Å². The maximum atomic E-state index is 11.3. The van der Waals surface area contributed by atoms with Gasteiger partial charge in [0.25, 0.3) is 0 Å². The molecule has 1 rings (SSSR count). The number of halogens is 1. The van der Waals surface area contributed by atoms with E-state index in [4.69, 9.17) is 0 Å². The first-order chi connectivity index (χ1) is 7.71. The number of carbonyl (C=O) groups is 1. The minimum absolute atomic E-state index is 0. The van der Waals surface area contributed by atoms with E-state index in [1.807, 2.05) is 0 Å². The van der Waals surface area contributed by atoms with E-state index in [2.05, 4.69) is 34.7 Å². The number of hydrogen-bond acceptors (Lipinski definition) is 5. The Kier molecular flexibility index (Phi) is 8.03. The summed E-state index contributed by atoms with van der Waals surface area (Å²) in [6.07, 6.45) is 2.10. The van der Waals surface area contributed by atoms with Crippen LogP contribution in [0.4, 0.5) is 5.13 Å². The van der Waals surface area contributed by atoms with Crippen LogP contribution in [-0.2, 0) is 4.79 Å². The van der Waals surface area contributed by atoms with E-state index in [0.29, 0.717) is 17.6 Å². The van der Waals surface area contributed by atoms with Crippen molar-refractivity contribution in [1.29, 1.82) is 0 Å². The smallest absolute Gasteiger partial charge is 0.240 e. The lowest BCUT2D eigenvalue weighted by Crippen LogP contribution is -2.24. The van der Waals surface area contributed by atoms with E-state index in [0.717, 1.165) is 17.8 Å². The van der Waals surface area contributed by atoms with Gasteiger partial charge in [0.1, 0.15) is 5.01 Å². The lowest BCUT2D eigenvalue weighted by atomic mass is 10.1. The van der Waals surface area contributed by atoms with Crippen LogP contribution in [0, 0.1) is 0 Å². The Bertz CT molecular complexity index is 341. The molecule has 2 N–H and O–H groups in total. The van der Waals surface area contributed by atoms with Crippen molar-refractivity contribution >= 4 is 34.8 Å². The Morgan fingerprint density at radius 3 is 2.53 bits per heavy atom. The van der Waals surface area contributed by atoms with Gasteiger partial charge in [0.2, 0.25) is 11.0 Å². The largest absolute Gasteiger partial charge is 0.311 e. The normalized spacial score (nSPS) is 10.1. The number of anilines is 1. The molecule has 0 aliphatic rings. The SMILES string of the molecule is CCC(CC)c1nnc(NC(=O)CNC)s1.Cl. The molecule has 0 radical (unpaired) electrons. The van der Waals surface area contributed by atoms with Gasteiger partial charge in [-0.3, -0.25) is 10.1 Å². The minimum atomic E-state index is -0.0882. The van der Waals surface area contributed by atoms with Gasteiger partial charge in [-0.2, -0.15) is 0 Å². The maximum Gasteiger partial charge on any atom is 0.240 e. The Morgan fingerprint density at radius 2 is 2.00 bits per heavy atom. The Hall–Kier alpha value is -0.720. The van der Waals surface area contributed by atoms with Crippen LogP contribution in [0.5, 0.6) is 0 Å². The van der Waals surface area contributed by atoms with Crippen molar-refractivity contribution in [2.45, 2.75) is 32.6 Å². The molecule has 0 bridgehead atoms. The zero-order valence-corrected chi connectivity index (χ0v) is 12.0. The summed E-state index contributed by atoms with van der Waals surface area (Å²) in [7, 11) is 1.73. The zero-order valence-electron chi connectivity index (χ0n) is 10.3. The summed E-state index contributed by atoms with van der Waals surface area (Å²) in [4.78, 5) is 11.3. The number of nitrogens with one attached hydrogen (secondary N) is 2. The predicted octanol–water partition coefficient (Wildman–Crippen LogP) is 2.02. The molecular formula is C10H19ClN4OS. The van der Waals surface area contributed by atoms with Crippen molar-refractivity contribution < 1.29 is 4.79 Å². The lowest BCUT2D eigenvalue weighted by molar-refractivity contribution is -0.115. The van der Waals surface area contributed by atoms with Crippen LogP contribution >= 0.6 is 23.7 Å². The van der Waals surface area contributed by atoms with Crippen molar-refractivity contribution in [3.63, 3.8) is 0 Å². The van der Waals surface area contributed by atoms with Crippen LogP contribution in [0.25, 0.3) is 0 Å². The van der Waals surface area contributed by atoms with Gasteiger partial charge in [0.15, 0.2) is 0 Å². The average molecular weight is 279 g/mol. The van der Waals surface area contributed by atoms with Crippen LogP contribution in [0.15, 0.2) is 0 Å². The van der Waals surface area contributed by atoms with Gasteiger partial charge in [-0.05, 0) is 19.9 Å². The molecule has 98 valence electrons. The van der Waals surface area contributed by atoms with E-state index < -0.39 is 0 Å². The molecule has 1 aromatic rings. The molecular weight excluding hydrogens is 260 g/mol. The molecule has 0 unspecified atom stereocenters. The van der Waals surface area contributed by atoms with Gasteiger partial charge in [-0.15, -0.1) is 22.6 Å². The molecule has 0 spiro atoms. The first-order valence-corrected chi connectivity index (χ1v) is 6.30. The molecule has 0 aliphatic heterocycles. The summed E-state index contributed by atoms with van der Waals surface area (Å²) < 4.78 is 0. The molecule has 1 heterocycles. The summed E-state index contributed by atoms with van der Waals surface area (Å²) in [6.45, 7) is 4.56. The number of nitrogens with zero attached hydrogens (tertiary/aromatic N) is 2. The van der Waals surface area contributed by atoms with Gasteiger partial charge in [-0.25, -0.2) is 0 Å². The third-order valence-corrected chi connectivity index (χ3v) is 3.36. The zero-order chi connectivity index (χ0) is 12.0. The van der Waals surface area contributed by atoms with E-state index in [1.165, 1.54) is 11.3 Å². The maximum absolute atomic E-state index is 11.3. The number of aromatic nitrogens is 2. The number of likely N-dealkylation sites (N-methyl/N-ethyl adjacent to an activating group) is 1. The topological polar surface area (TPSA) is 66.9 Å². The van der Waals surface area contributed by atoms with E-state index in [1.54, 1.807) is 7.05 Å². The molecule has 0 aliphatic carbocycles. The van der Waals surface area contributed by atoms with E-state index in [-0.39, 0.29) is 18.3 Å². The molecule has 0 saturated carbocycles. The second-order valence-corrected chi connectivity index (χ2v) is 4.55. The van der Waals surface area contributed by atoms with Crippen molar-refractivity contribution in [2.75, 3.05) is 18.9 Å². The van der Waals surface area contributed by atoms with Gasteiger partial charge in [-0.1, -0.05) is 25.2 Å². The third kappa shape index (κ3) is 4.97. The first-order valence-electron chi connectivity index (χ1n) is 5.49. The second kappa shape index (κ2) is 8.38. The molecule has 5 nitrogen and oxygen atoms in total. The highest BCUT2D eigenvalue weighted by molar-refractivity contribution is 7.15. The molecule has 0 aromatic carbocycles. The van der Waals surface area contributed by atoms with Crippen molar-refractivity contribution in [3.8, 4) is 0 Å². The monoisotopic (exact) mass is 278 g/mol. The van der Waals surface area contributed by atoms with Crippen LogP contribution in [0.2, 0.25) is 0 Å². The van der Waals surface area contributed by atoms with Gasteiger partial charge in [0, 0.05) is 5.92 Å². The van der Waals surface area contributed by atoms with Crippen LogP contribution in [0.3, 0.4) is 0 Å². The van der Waals surface area contributed by atoms with Gasteiger partial charge < -0.3 is 5.32 Å². The first kappa shape index (κ1) is 16.3. The number of carbonyl (C=O) groups excluding carboxylic acids is 1. The molecule has 1 amide bonds. The second-order valence-electron chi connectivity index (χ2n) is 3.54. The fourth-order valence-electron chi connectivity index (χ4n) is 1.41. The molecule has 0 saturated heterocycles. The Morgan fingerprint density at radius 1 is 1.35 bits per heavy atom. The fourth-order valence-corrected chi connectivity index (χ4v) is 2.44. The minimum Gasteiger partial charge on any atom is -0.311 e. The molecule has 1 aromatic heterocycles. The van der Waals surface area contributed by atoms with Crippen LogP contribution in [0.1, 0.15) is 37.6 Å². The van der Waals surface area contributed by atoms with Crippen LogP contribution in [-0.4, -0.2) is 29.7 Å². The van der Waals surface area contributed by atoms with Crippen molar-refractivity contribution in [2.24, 2.45) is 0 Å².